The molecule has 100 valence electrons. The second-order valence-electron chi connectivity index (χ2n) is 4.52. The summed E-state index contributed by atoms with van der Waals surface area (Å²) in [5, 5.41) is 19.5. The van der Waals surface area contributed by atoms with Crippen LogP contribution in [0.2, 0.25) is 0 Å². The first kappa shape index (κ1) is 13.3. The monoisotopic (exact) mass is 259 g/mol. The Kier molecular flexibility index (Phi) is 4.67. The first-order valence-corrected chi connectivity index (χ1v) is 6.54. The number of piperidine rings is 1. The van der Waals surface area contributed by atoms with Crippen molar-refractivity contribution < 1.29 is 4.79 Å². The molecule has 1 fully saturated rings. The van der Waals surface area contributed by atoms with Gasteiger partial charge in [-0.1, -0.05) is 0 Å². The van der Waals surface area contributed by atoms with Gasteiger partial charge in [0.15, 0.2) is 5.82 Å². The van der Waals surface area contributed by atoms with E-state index >= 15 is 0 Å². The van der Waals surface area contributed by atoms with Crippen molar-refractivity contribution in [3.05, 3.63) is 17.8 Å². The van der Waals surface area contributed by atoms with Crippen LogP contribution in [0.25, 0.3) is 0 Å². The molecule has 0 bridgehead atoms. The highest BCUT2D eigenvalue weighted by Gasteiger charge is 2.15. The van der Waals surface area contributed by atoms with Gasteiger partial charge in [0.1, 0.15) is 6.07 Å². The lowest BCUT2D eigenvalue weighted by Gasteiger charge is -2.26. The minimum atomic E-state index is 0.162. The van der Waals surface area contributed by atoms with Crippen molar-refractivity contribution in [1.29, 1.82) is 5.26 Å². The van der Waals surface area contributed by atoms with Crippen molar-refractivity contribution in [3.63, 3.8) is 0 Å². The highest BCUT2D eigenvalue weighted by molar-refractivity contribution is 5.76. The summed E-state index contributed by atoms with van der Waals surface area (Å²) < 4.78 is 0. The van der Waals surface area contributed by atoms with E-state index in [4.69, 9.17) is 5.26 Å². The molecule has 1 aliphatic heterocycles. The van der Waals surface area contributed by atoms with Gasteiger partial charge in [-0.3, -0.25) is 4.79 Å². The molecule has 0 unspecified atom stereocenters. The number of hydrogen-bond donors (Lipinski definition) is 1. The maximum atomic E-state index is 11.9. The van der Waals surface area contributed by atoms with Gasteiger partial charge >= 0.3 is 0 Å². The molecule has 0 saturated carbocycles. The molecule has 1 aromatic heterocycles. The van der Waals surface area contributed by atoms with Crippen LogP contribution in [-0.4, -0.2) is 40.6 Å². The Morgan fingerprint density at radius 1 is 1.42 bits per heavy atom. The van der Waals surface area contributed by atoms with Gasteiger partial charge in [0.25, 0.3) is 0 Å². The van der Waals surface area contributed by atoms with Crippen LogP contribution in [0.5, 0.6) is 0 Å². The smallest absolute Gasteiger partial charge is 0.224 e. The van der Waals surface area contributed by atoms with Crippen LogP contribution < -0.4 is 5.32 Å². The highest BCUT2D eigenvalue weighted by Crippen LogP contribution is 2.11. The van der Waals surface area contributed by atoms with Crippen molar-refractivity contribution >= 4 is 11.7 Å². The number of rotatable bonds is 4. The quantitative estimate of drug-likeness (QED) is 0.877. The number of aromatic nitrogens is 2. The predicted molar refractivity (Wildman–Crippen MR) is 70.3 cm³/mol. The average molecular weight is 259 g/mol. The second kappa shape index (κ2) is 6.69. The summed E-state index contributed by atoms with van der Waals surface area (Å²) in [7, 11) is 0. The molecule has 19 heavy (non-hydrogen) atoms. The Labute approximate surface area is 112 Å². The van der Waals surface area contributed by atoms with Crippen LogP contribution in [0.1, 0.15) is 31.2 Å². The fourth-order valence-electron chi connectivity index (χ4n) is 2.14. The largest absolute Gasteiger partial charge is 0.367 e. The molecule has 1 saturated heterocycles. The zero-order chi connectivity index (χ0) is 13.5. The Balaban J connectivity index is 1.80. The van der Waals surface area contributed by atoms with Gasteiger partial charge in [-0.15, -0.1) is 5.10 Å². The summed E-state index contributed by atoms with van der Waals surface area (Å²) in [5.41, 5.74) is 0.445. The van der Waals surface area contributed by atoms with Gasteiger partial charge in [-0.2, -0.15) is 10.4 Å². The molecule has 1 N–H and O–H groups in total. The van der Waals surface area contributed by atoms with E-state index in [1.807, 2.05) is 11.0 Å². The molecule has 1 aromatic rings. The SMILES string of the molecule is N#Cc1ccnnc1NCCC(=O)N1CCCCC1. The zero-order valence-corrected chi connectivity index (χ0v) is 10.8. The molecule has 0 aliphatic carbocycles. The van der Waals surface area contributed by atoms with Gasteiger partial charge in [0, 0.05) is 26.1 Å². The number of anilines is 1. The number of nitriles is 1. The van der Waals surface area contributed by atoms with Crippen LogP contribution in [-0.2, 0) is 4.79 Å². The van der Waals surface area contributed by atoms with Gasteiger partial charge in [-0.05, 0) is 25.3 Å². The van der Waals surface area contributed by atoms with Crippen LogP contribution in [0.15, 0.2) is 12.3 Å². The molecular formula is C13H17N5O. The molecule has 6 nitrogen and oxygen atoms in total. The van der Waals surface area contributed by atoms with Gasteiger partial charge in [-0.25, -0.2) is 0 Å². The van der Waals surface area contributed by atoms with Crippen molar-refractivity contribution in [2.75, 3.05) is 25.0 Å². The topological polar surface area (TPSA) is 81.9 Å². The van der Waals surface area contributed by atoms with E-state index in [9.17, 15) is 4.79 Å². The standard InChI is InChI=1S/C13H17N5O/c14-10-11-4-7-16-17-13(11)15-6-5-12(19)18-8-2-1-3-9-18/h4,7H,1-3,5-6,8-9H2,(H,15,17). The fraction of sp³-hybridized carbons (Fsp3) is 0.538. The average Bonchev–Trinajstić information content (AvgIpc) is 2.48. The summed E-state index contributed by atoms with van der Waals surface area (Å²) in [5.74, 6) is 0.603. The number of hydrogen-bond acceptors (Lipinski definition) is 5. The van der Waals surface area contributed by atoms with E-state index in [1.54, 1.807) is 6.07 Å². The molecule has 1 amide bonds. The summed E-state index contributed by atoms with van der Waals surface area (Å²) in [6, 6.07) is 3.64. The predicted octanol–water partition coefficient (Wildman–Crippen LogP) is 1.16. The molecule has 0 spiro atoms. The van der Waals surface area contributed by atoms with E-state index in [-0.39, 0.29) is 5.91 Å². The number of carbonyl (C=O) groups excluding carboxylic acids is 1. The molecule has 0 radical (unpaired) electrons. The van der Waals surface area contributed by atoms with E-state index in [0.717, 1.165) is 25.9 Å². The molecular weight excluding hydrogens is 242 g/mol. The second-order valence-corrected chi connectivity index (χ2v) is 4.52. The minimum absolute atomic E-state index is 0.162. The maximum absolute atomic E-state index is 11.9. The molecule has 1 aliphatic rings. The van der Waals surface area contributed by atoms with Gasteiger partial charge < -0.3 is 10.2 Å². The fourth-order valence-corrected chi connectivity index (χ4v) is 2.14. The van der Waals surface area contributed by atoms with Crippen molar-refractivity contribution in [2.45, 2.75) is 25.7 Å². The number of likely N-dealkylation sites (tertiary alicyclic amines) is 1. The lowest BCUT2D eigenvalue weighted by molar-refractivity contribution is -0.131. The minimum Gasteiger partial charge on any atom is -0.367 e. The van der Waals surface area contributed by atoms with E-state index in [2.05, 4.69) is 15.5 Å². The number of nitrogens with zero attached hydrogens (tertiary/aromatic N) is 4. The summed E-state index contributed by atoms with van der Waals surface area (Å²) in [4.78, 5) is 13.8. The van der Waals surface area contributed by atoms with Gasteiger partial charge in [0.05, 0.1) is 11.8 Å². The van der Waals surface area contributed by atoms with Crippen molar-refractivity contribution in [1.82, 2.24) is 15.1 Å². The van der Waals surface area contributed by atoms with Crippen molar-refractivity contribution in [2.24, 2.45) is 0 Å². The molecule has 2 rings (SSSR count). The Morgan fingerprint density at radius 2 is 2.21 bits per heavy atom. The van der Waals surface area contributed by atoms with E-state index < -0.39 is 0 Å². The van der Waals surface area contributed by atoms with Crippen molar-refractivity contribution in [3.8, 4) is 6.07 Å². The zero-order valence-electron chi connectivity index (χ0n) is 10.8. The van der Waals surface area contributed by atoms with Crippen LogP contribution in [0, 0.1) is 11.3 Å². The van der Waals surface area contributed by atoms with Crippen LogP contribution in [0.3, 0.4) is 0 Å². The van der Waals surface area contributed by atoms with E-state index in [1.165, 1.54) is 12.6 Å². The highest BCUT2D eigenvalue weighted by atomic mass is 16.2. The molecule has 0 atom stereocenters. The Bertz CT molecular complexity index is 476. The maximum Gasteiger partial charge on any atom is 0.224 e. The summed E-state index contributed by atoms with van der Waals surface area (Å²) in [6.45, 7) is 2.21. The molecule has 2 heterocycles. The Hall–Kier alpha value is -2.16. The third-order valence-electron chi connectivity index (χ3n) is 3.18. The lowest BCUT2D eigenvalue weighted by Crippen LogP contribution is -2.36. The first-order valence-electron chi connectivity index (χ1n) is 6.54. The first-order chi connectivity index (χ1) is 9.31. The van der Waals surface area contributed by atoms with Crippen LogP contribution in [0.4, 0.5) is 5.82 Å². The third kappa shape index (κ3) is 3.65. The Morgan fingerprint density at radius 3 is 2.95 bits per heavy atom. The number of nitrogens with one attached hydrogen (secondary N) is 1. The molecule has 0 aromatic carbocycles. The number of amides is 1. The van der Waals surface area contributed by atoms with Gasteiger partial charge in [0.2, 0.25) is 5.91 Å². The molecule has 6 heteroatoms. The summed E-state index contributed by atoms with van der Waals surface area (Å²) >= 11 is 0. The normalized spacial score (nSPS) is 14.8. The van der Waals surface area contributed by atoms with E-state index in [0.29, 0.717) is 24.3 Å². The lowest BCUT2D eigenvalue weighted by atomic mass is 10.1. The van der Waals surface area contributed by atoms with Crippen LogP contribution >= 0.6 is 0 Å². The summed E-state index contributed by atoms with van der Waals surface area (Å²) in [6.07, 6.45) is 5.31. The third-order valence-corrected chi connectivity index (χ3v) is 3.18. The number of carbonyl (C=O) groups is 1.